The lowest BCUT2D eigenvalue weighted by atomic mass is 9.79. The van der Waals surface area contributed by atoms with E-state index in [9.17, 15) is 37.5 Å². The van der Waals surface area contributed by atoms with Gasteiger partial charge in [-0.05, 0) is 34.4 Å². The van der Waals surface area contributed by atoms with Gasteiger partial charge < -0.3 is 15.3 Å². The number of carbonyl (C=O) groups is 4. The van der Waals surface area contributed by atoms with Crippen molar-refractivity contribution in [3.05, 3.63) is 47.2 Å². The number of aromatic nitrogens is 4. The highest BCUT2D eigenvalue weighted by molar-refractivity contribution is 7.99. The first-order valence-corrected chi connectivity index (χ1v) is 12.9. The molecule has 3 atom stereocenters. The molecule has 39 heavy (non-hydrogen) atoms. The molecule has 206 valence electrons. The third kappa shape index (κ3) is 5.07. The van der Waals surface area contributed by atoms with Crippen molar-refractivity contribution >= 4 is 35.5 Å². The Labute approximate surface area is 223 Å². The Morgan fingerprint density at radius 2 is 1.92 bits per heavy atom. The van der Waals surface area contributed by atoms with Crippen molar-refractivity contribution in [3.63, 3.8) is 0 Å². The number of thioether (sulfide) groups is 1. The van der Waals surface area contributed by atoms with Gasteiger partial charge in [0.25, 0.3) is 5.91 Å². The van der Waals surface area contributed by atoms with E-state index in [1.165, 1.54) is 4.68 Å². The second-order valence-electron chi connectivity index (χ2n) is 9.31. The van der Waals surface area contributed by atoms with E-state index >= 15 is 0 Å². The first-order chi connectivity index (χ1) is 18.6. The summed E-state index contributed by atoms with van der Waals surface area (Å²) in [6.45, 7) is -0.0814. The van der Waals surface area contributed by atoms with Gasteiger partial charge in [-0.3, -0.25) is 19.3 Å². The van der Waals surface area contributed by atoms with Crippen LogP contribution in [0.25, 0.3) is 0 Å². The van der Waals surface area contributed by atoms with Crippen LogP contribution >= 0.6 is 11.8 Å². The number of benzene rings is 1. The zero-order chi connectivity index (χ0) is 27.9. The summed E-state index contributed by atoms with van der Waals surface area (Å²) < 4.78 is 40.4. The first-order valence-electron chi connectivity index (χ1n) is 11.9. The molecule has 0 aliphatic carbocycles. The molecule has 1 aromatic heterocycles. The van der Waals surface area contributed by atoms with Crippen LogP contribution in [0, 0.1) is 5.92 Å². The topological polar surface area (TPSA) is 151 Å². The quantitative estimate of drug-likeness (QED) is 0.327. The van der Waals surface area contributed by atoms with Gasteiger partial charge in [0.05, 0.1) is 6.04 Å². The summed E-state index contributed by atoms with van der Waals surface area (Å²) in [4.78, 5) is 50.5. The van der Waals surface area contributed by atoms with Gasteiger partial charge in [-0.15, -0.1) is 5.10 Å². The zero-order valence-corrected chi connectivity index (χ0v) is 21.0. The maximum Gasteiger partial charge on any atom is 0.471 e. The van der Waals surface area contributed by atoms with Gasteiger partial charge in [0.1, 0.15) is 18.3 Å². The van der Waals surface area contributed by atoms with Crippen LogP contribution in [0.2, 0.25) is 0 Å². The van der Waals surface area contributed by atoms with E-state index in [1.54, 1.807) is 0 Å². The number of carbonyl (C=O) groups excluding carboxylic acids is 3. The molecule has 5 rings (SSSR count). The van der Waals surface area contributed by atoms with Crippen LogP contribution < -0.4 is 5.32 Å². The largest absolute Gasteiger partial charge is 0.477 e. The number of carboxylic acids is 1. The van der Waals surface area contributed by atoms with Crippen molar-refractivity contribution in [1.82, 2.24) is 35.3 Å². The molecule has 3 amide bonds. The molecule has 3 aliphatic rings. The van der Waals surface area contributed by atoms with E-state index in [-0.39, 0.29) is 42.0 Å². The van der Waals surface area contributed by atoms with Crippen molar-refractivity contribution in [3.8, 4) is 0 Å². The maximum atomic E-state index is 13.1. The molecular weight excluding hydrogens is 543 g/mol. The zero-order valence-electron chi connectivity index (χ0n) is 20.2. The molecule has 1 aromatic carbocycles. The van der Waals surface area contributed by atoms with Crippen LogP contribution in [0.15, 0.2) is 46.8 Å². The predicted molar refractivity (Wildman–Crippen MR) is 127 cm³/mol. The molecule has 0 saturated carbocycles. The second kappa shape index (κ2) is 10.3. The first kappa shape index (κ1) is 26.6. The Balaban J connectivity index is 1.23. The standard InChI is InChI=1S/C23H22F3N7O5S/c24-23(25,26)21(38)31-9-13-8-14(17(20(36)37)33-16(13)18(31)19(33)35)11-39-22-28-29-30-32(22)10-15(34)27-7-6-12-4-2-1-3-5-12/h1-5,13,16,18H,6-11H2,(H,27,34)(H,36,37)/t13-,16-,18+/m1/s1. The summed E-state index contributed by atoms with van der Waals surface area (Å²) in [6, 6.07) is 7.46. The Morgan fingerprint density at radius 3 is 2.62 bits per heavy atom. The molecule has 0 radical (unpaired) electrons. The fourth-order valence-electron chi connectivity index (χ4n) is 5.27. The number of carboxylic acid groups (broad SMARTS) is 1. The van der Waals surface area contributed by atoms with E-state index in [2.05, 4.69) is 20.8 Å². The number of hydrogen-bond donors (Lipinski definition) is 2. The van der Waals surface area contributed by atoms with Crippen LogP contribution in [-0.4, -0.2) is 95.9 Å². The molecule has 2 saturated heterocycles. The van der Waals surface area contributed by atoms with E-state index in [4.69, 9.17) is 0 Å². The van der Waals surface area contributed by atoms with Crippen LogP contribution in [0.5, 0.6) is 0 Å². The minimum Gasteiger partial charge on any atom is -0.477 e. The second-order valence-corrected chi connectivity index (χ2v) is 10.3. The average molecular weight is 566 g/mol. The third-order valence-corrected chi connectivity index (χ3v) is 7.94. The highest BCUT2D eigenvalue weighted by atomic mass is 32.2. The van der Waals surface area contributed by atoms with Gasteiger partial charge in [0.2, 0.25) is 11.1 Å². The van der Waals surface area contributed by atoms with Crippen LogP contribution in [-0.2, 0) is 32.1 Å². The Morgan fingerprint density at radius 1 is 1.18 bits per heavy atom. The lowest BCUT2D eigenvalue weighted by Gasteiger charge is -2.49. The van der Waals surface area contributed by atoms with Gasteiger partial charge in [-0.1, -0.05) is 42.1 Å². The highest BCUT2D eigenvalue weighted by Crippen LogP contribution is 2.48. The molecule has 3 aliphatic heterocycles. The SMILES string of the molecule is O=C(Cn1nnnc1SCC1=C(C(=O)O)N2C(=O)[C@@H]3[C@H]2[C@H](C1)CN3C(=O)C(F)(F)F)NCCc1ccccc1. The van der Waals surface area contributed by atoms with Crippen molar-refractivity contribution in [2.24, 2.45) is 5.92 Å². The van der Waals surface area contributed by atoms with Crippen molar-refractivity contribution in [2.45, 2.75) is 42.8 Å². The summed E-state index contributed by atoms with van der Waals surface area (Å²) in [7, 11) is 0. The number of aliphatic carboxylic acids is 1. The Hall–Kier alpha value is -3.95. The maximum absolute atomic E-state index is 13.1. The molecular formula is C23H22F3N7O5S. The third-order valence-electron chi connectivity index (χ3n) is 6.90. The van der Waals surface area contributed by atoms with Gasteiger partial charge in [0, 0.05) is 24.8 Å². The monoisotopic (exact) mass is 565 g/mol. The summed E-state index contributed by atoms with van der Waals surface area (Å²) in [5.74, 6) is -5.20. The molecule has 0 spiro atoms. The van der Waals surface area contributed by atoms with Gasteiger partial charge >= 0.3 is 18.1 Å². The summed E-state index contributed by atoms with van der Waals surface area (Å²) in [6.07, 6.45) is -4.41. The molecule has 4 heterocycles. The number of likely N-dealkylation sites (tertiary alicyclic amines) is 1. The number of tetrazole rings is 1. The Kier molecular flexibility index (Phi) is 7.05. The van der Waals surface area contributed by atoms with E-state index in [0.717, 1.165) is 22.2 Å². The number of hydrogen-bond acceptors (Lipinski definition) is 8. The number of rotatable bonds is 9. The van der Waals surface area contributed by atoms with E-state index in [0.29, 0.717) is 23.4 Å². The number of nitrogens with one attached hydrogen (secondary N) is 1. The molecule has 2 aromatic rings. The lowest BCUT2D eigenvalue weighted by Crippen LogP contribution is -2.70. The molecule has 16 heteroatoms. The summed E-state index contributed by atoms with van der Waals surface area (Å²) in [5, 5.41) is 24.1. The number of β-lactam (4-membered cyclic amide) rings is 1. The number of amides is 3. The summed E-state index contributed by atoms with van der Waals surface area (Å²) >= 11 is 1.04. The van der Waals surface area contributed by atoms with Gasteiger partial charge in [-0.25, -0.2) is 9.48 Å². The highest BCUT2D eigenvalue weighted by Gasteiger charge is 2.66. The lowest BCUT2D eigenvalue weighted by molar-refractivity contribution is -0.190. The van der Waals surface area contributed by atoms with Crippen LogP contribution in [0.4, 0.5) is 13.2 Å². The fraction of sp³-hybridized carbons (Fsp3) is 0.435. The fourth-order valence-corrected chi connectivity index (χ4v) is 6.17. The predicted octanol–water partition coefficient (Wildman–Crippen LogP) is 0.467. The number of nitrogens with zero attached hydrogens (tertiary/aromatic N) is 6. The van der Waals surface area contributed by atoms with E-state index < -0.39 is 42.0 Å². The molecule has 2 fully saturated rings. The van der Waals surface area contributed by atoms with Crippen LogP contribution in [0.1, 0.15) is 12.0 Å². The minimum absolute atomic E-state index is 0.0164. The smallest absolute Gasteiger partial charge is 0.471 e. The number of alkyl halides is 3. The summed E-state index contributed by atoms with van der Waals surface area (Å²) in [5.41, 5.74) is 1.07. The van der Waals surface area contributed by atoms with Crippen molar-refractivity contribution in [2.75, 3.05) is 18.8 Å². The van der Waals surface area contributed by atoms with E-state index in [1.807, 2.05) is 30.3 Å². The molecule has 0 unspecified atom stereocenters. The van der Waals surface area contributed by atoms with Crippen LogP contribution in [0.3, 0.4) is 0 Å². The van der Waals surface area contributed by atoms with Crippen molar-refractivity contribution in [1.29, 1.82) is 0 Å². The molecule has 0 bridgehead atoms. The normalized spacial score (nSPS) is 22.0. The van der Waals surface area contributed by atoms with Gasteiger partial charge in [0.15, 0.2) is 0 Å². The molecule has 2 N–H and O–H groups in total. The van der Waals surface area contributed by atoms with Gasteiger partial charge in [-0.2, -0.15) is 13.2 Å². The average Bonchev–Trinajstić information content (AvgIpc) is 3.48. The number of halogens is 3. The Bertz CT molecular complexity index is 1350. The molecule has 12 nitrogen and oxygen atoms in total. The minimum atomic E-state index is -5.14. The van der Waals surface area contributed by atoms with Crippen molar-refractivity contribution < 1.29 is 37.5 Å².